The fourth-order valence-electron chi connectivity index (χ4n) is 2.28. The molecule has 0 aliphatic heterocycles. The Kier molecular flexibility index (Phi) is 7.99. The molecule has 0 saturated carbocycles. The van der Waals surface area contributed by atoms with E-state index in [1.54, 1.807) is 48.5 Å². The van der Waals surface area contributed by atoms with Crippen LogP contribution in [0, 0.1) is 5.92 Å². The minimum absolute atomic E-state index is 0.244. The Hall–Kier alpha value is -1.92. The van der Waals surface area contributed by atoms with Crippen molar-refractivity contribution in [3.8, 4) is 0 Å². The van der Waals surface area contributed by atoms with Crippen molar-refractivity contribution >= 4 is 11.9 Å². The van der Waals surface area contributed by atoms with Gasteiger partial charge in [0.2, 0.25) is 0 Å². The summed E-state index contributed by atoms with van der Waals surface area (Å²) in [6, 6.07) is 9.42. The SMILES string of the molecule is C[C@H](OCc1ccccc1)[C@@H](O)C(C(=O)OC(C)(C)C)C(=O)OC(C)(C)C. The molecule has 1 aromatic rings. The summed E-state index contributed by atoms with van der Waals surface area (Å²) < 4.78 is 16.3. The normalized spacial score (nSPS) is 14.6. The molecule has 0 aromatic heterocycles. The lowest BCUT2D eigenvalue weighted by molar-refractivity contribution is -0.184. The first-order chi connectivity index (χ1) is 12.3. The highest BCUT2D eigenvalue weighted by Crippen LogP contribution is 2.22. The first-order valence-corrected chi connectivity index (χ1v) is 9.09. The Morgan fingerprint density at radius 2 is 1.37 bits per heavy atom. The third-order valence-electron chi connectivity index (χ3n) is 3.50. The second-order valence-electron chi connectivity index (χ2n) is 8.54. The molecule has 152 valence electrons. The van der Waals surface area contributed by atoms with Gasteiger partial charge >= 0.3 is 11.9 Å². The van der Waals surface area contributed by atoms with Gasteiger partial charge in [0, 0.05) is 0 Å². The molecule has 0 fully saturated rings. The van der Waals surface area contributed by atoms with Gasteiger partial charge in [-0.1, -0.05) is 30.3 Å². The fraction of sp³-hybridized carbons (Fsp3) is 0.619. The Balaban J connectivity index is 2.91. The Morgan fingerprint density at radius 3 is 1.78 bits per heavy atom. The monoisotopic (exact) mass is 380 g/mol. The molecule has 0 bridgehead atoms. The van der Waals surface area contributed by atoms with Crippen LogP contribution in [0.1, 0.15) is 54.0 Å². The topological polar surface area (TPSA) is 82.1 Å². The predicted octanol–water partition coefficient (Wildman–Crippen LogP) is 3.25. The van der Waals surface area contributed by atoms with Crippen LogP contribution in [-0.2, 0) is 30.4 Å². The molecule has 0 saturated heterocycles. The van der Waals surface area contributed by atoms with Crippen molar-refractivity contribution < 1.29 is 28.9 Å². The van der Waals surface area contributed by atoms with Crippen LogP contribution in [0.25, 0.3) is 0 Å². The summed E-state index contributed by atoms with van der Waals surface area (Å²) in [6.45, 7) is 12.0. The van der Waals surface area contributed by atoms with E-state index in [2.05, 4.69) is 0 Å². The summed E-state index contributed by atoms with van der Waals surface area (Å²) in [5, 5.41) is 10.7. The van der Waals surface area contributed by atoms with Crippen LogP contribution >= 0.6 is 0 Å². The lowest BCUT2D eigenvalue weighted by Crippen LogP contribution is -2.47. The van der Waals surface area contributed by atoms with E-state index in [9.17, 15) is 14.7 Å². The van der Waals surface area contributed by atoms with Gasteiger partial charge < -0.3 is 19.3 Å². The van der Waals surface area contributed by atoms with Crippen molar-refractivity contribution in [2.75, 3.05) is 0 Å². The van der Waals surface area contributed by atoms with Crippen molar-refractivity contribution in [3.63, 3.8) is 0 Å². The number of carbonyl (C=O) groups is 2. The van der Waals surface area contributed by atoms with Crippen LogP contribution in [0.5, 0.6) is 0 Å². The first-order valence-electron chi connectivity index (χ1n) is 9.09. The highest BCUT2D eigenvalue weighted by atomic mass is 16.6. The molecule has 0 aliphatic rings. The summed E-state index contributed by atoms with van der Waals surface area (Å²) in [7, 11) is 0. The summed E-state index contributed by atoms with van der Waals surface area (Å²) in [4.78, 5) is 25.1. The highest BCUT2D eigenvalue weighted by Gasteiger charge is 2.42. The maximum atomic E-state index is 12.6. The zero-order valence-electron chi connectivity index (χ0n) is 17.3. The van der Waals surface area contributed by atoms with Gasteiger partial charge in [-0.2, -0.15) is 0 Å². The molecular formula is C21H32O6. The van der Waals surface area contributed by atoms with Gasteiger partial charge in [0.25, 0.3) is 0 Å². The maximum Gasteiger partial charge on any atom is 0.323 e. The molecule has 0 amide bonds. The van der Waals surface area contributed by atoms with Gasteiger partial charge in [-0.3, -0.25) is 9.59 Å². The van der Waals surface area contributed by atoms with Crippen LogP contribution < -0.4 is 0 Å². The minimum atomic E-state index is -1.49. The van der Waals surface area contributed by atoms with Crippen LogP contribution in [0.4, 0.5) is 0 Å². The van der Waals surface area contributed by atoms with Crippen LogP contribution in [0.15, 0.2) is 30.3 Å². The number of carbonyl (C=O) groups excluding carboxylic acids is 2. The molecule has 6 nitrogen and oxygen atoms in total. The number of aliphatic hydroxyl groups excluding tert-OH is 1. The van der Waals surface area contributed by atoms with Crippen molar-refractivity contribution in [3.05, 3.63) is 35.9 Å². The van der Waals surface area contributed by atoms with E-state index in [1.165, 1.54) is 0 Å². The van der Waals surface area contributed by atoms with Gasteiger partial charge in [0.15, 0.2) is 5.92 Å². The number of ether oxygens (including phenoxy) is 3. The number of benzene rings is 1. The Morgan fingerprint density at radius 1 is 0.926 bits per heavy atom. The van der Waals surface area contributed by atoms with Crippen molar-refractivity contribution in [1.82, 2.24) is 0 Å². The number of hydrogen-bond acceptors (Lipinski definition) is 6. The third kappa shape index (κ3) is 8.54. The van der Waals surface area contributed by atoms with Gasteiger partial charge in [-0.15, -0.1) is 0 Å². The number of esters is 2. The van der Waals surface area contributed by atoms with Gasteiger partial charge in [-0.05, 0) is 54.0 Å². The van der Waals surface area contributed by atoms with E-state index in [0.29, 0.717) is 0 Å². The summed E-state index contributed by atoms with van der Waals surface area (Å²) in [5.74, 6) is -3.16. The molecule has 1 rings (SSSR count). The van der Waals surface area contributed by atoms with E-state index in [1.807, 2.05) is 30.3 Å². The van der Waals surface area contributed by atoms with Crippen molar-refractivity contribution in [1.29, 1.82) is 0 Å². The second-order valence-corrected chi connectivity index (χ2v) is 8.54. The molecule has 1 aromatic carbocycles. The molecule has 6 heteroatoms. The van der Waals surface area contributed by atoms with E-state index in [0.717, 1.165) is 5.56 Å². The minimum Gasteiger partial charge on any atom is -0.459 e. The zero-order chi connectivity index (χ0) is 20.8. The van der Waals surface area contributed by atoms with Crippen molar-refractivity contribution in [2.24, 2.45) is 5.92 Å². The van der Waals surface area contributed by atoms with E-state index in [4.69, 9.17) is 14.2 Å². The van der Waals surface area contributed by atoms with Crippen LogP contribution in [0.3, 0.4) is 0 Å². The predicted molar refractivity (Wildman–Crippen MR) is 102 cm³/mol. The molecule has 0 heterocycles. The molecule has 2 atom stereocenters. The molecule has 1 N–H and O–H groups in total. The lowest BCUT2D eigenvalue weighted by Gasteiger charge is -2.30. The van der Waals surface area contributed by atoms with Crippen molar-refractivity contribution in [2.45, 2.75) is 78.5 Å². The van der Waals surface area contributed by atoms with Crippen LogP contribution in [0.2, 0.25) is 0 Å². The molecule has 0 unspecified atom stereocenters. The quantitative estimate of drug-likeness (QED) is 0.578. The maximum absolute atomic E-state index is 12.6. The average Bonchev–Trinajstić information content (AvgIpc) is 2.50. The second kappa shape index (κ2) is 9.33. The number of rotatable bonds is 7. The first kappa shape index (κ1) is 23.1. The zero-order valence-corrected chi connectivity index (χ0v) is 17.3. The Bertz CT molecular complexity index is 584. The molecule has 0 radical (unpaired) electrons. The van der Waals surface area contributed by atoms with E-state index >= 15 is 0 Å². The largest absolute Gasteiger partial charge is 0.459 e. The van der Waals surface area contributed by atoms with E-state index in [-0.39, 0.29) is 6.61 Å². The summed E-state index contributed by atoms with van der Waals surface area (Å²) >= 11 is 0. The average molecular weight is 380 g/mol. The molecule has 0 spiro atoms. The number of aliphatic hydroxyl groups is 1. The van der Waals surface area contributed by atoms with Gasteiger partial charge in [-0.25, -0.2) is 0 Å². The summed E-state index contributed by atoms with van der Waals surface area (Å²) in [6.07, 6.45) is -2.19. The molecule has 27 heavy (non-hydrogen) atoms. The Labute approximate surface area is 161 Å². The smallest absolute Gasteiger partial charge is 0.323 e. The fourth-order valence-corrected chi connectivity index (χ4v) is 2.28. The number of hydrogen-bond donors (Lipinski definition) is 1. The standard InChI is InChI=1S/C21H32O6/c1-14(25-13-15-11-9-8-10-12-15)17(22)16(18(23)26-20(2,3)4)19(24)27-21(5,6)7/h8-12,14,16-17,22H,13H2,1-7H3/t14-,17+/m0/s1. The van der Waals surface area contributed by atoms with Gasteiger partial charge in [0.1, 0.15) is 17.3 Å². The lowest BCUT2D eigenvalue weighted by atomic mass is 9.97. The summed E-state index contributed by atoms with van der Waals surface area (Å²) in [5.41, 5.74) is -0.682. The molecular weight excluding hydrogens is 348 g/mol. The molecule has 0 aliphatic carbocycles. The van der Waals surface area contributed by atoms with E-state index < -0.39 is 41.3 Å². The highest BCUT2D eigenvalue weighted by molar-refractivity contribution is 5.96. The van der Waals surface area contributed by atoms with Crippen LogP contribution in [-0.4, -0.2) is 40.5 Å². The third-order valence-corrected chi connectivity index (χ3v) is 3.50. The van der Waals surface area contributed by atoms with Gasteiger partial charge in [0.05, 0.1) is 12.7 Å².